The molecule has 0 amide bonds. The molecule has 0 aromatic heterocycles. The maximum absolute atomic E-state index is 10.7. The van der Waals surface area contributed by atoms with E-state index >= 15 is 0 Å². The van der Waals surface area contributed by atoms with Crippen molar-refractivity contribution in [3.63, 3.8) is 0 Å². The van der Waals surface area contributed by atoms with E-state index in [4.69, 9.17) is 15.4 Å². The quantitative estimate of drug-likeness (QED) is 0.508. The Hall–Kier alpha value is -0.260. The largest absolute Gasteiger partial charge is 0.493 e. The first-order chi connectivity index (χ1) is 8.88. The van der Waals surface area contributed by atoms with Crippen molar-refractivity contribution in [3.8, 4) is 5.75 Å². The zero-order valence-electron chi connectivity index (χ0n) is 10.9. The number of benzene rings is 1. The van der Waals surface area contributed by atoms with E-state index in [0.29, 0.717) is 13.0 Å². The fourth-order valence-electron chi connectivity index (χ4n) is 1.69. The molecule has 1 aromatic rings. The van der Waals surface area contributed by atoms with Gasteiger partial charge in [0.05, 0.1) is 12.4 Å². The van der Waals surface area contributed by atoms with Crippen LogP contribution in [0.2, 0.25) is 0 Å². The maximum atomic E-state index is 10.7. The van der Waals surface area contributed by atoms with Crippen molar-refractivity contribution >= 4 is 35.7 Å². The second kappa shape index (κ2) is 8.12. The molecule has 0 bridgehead atoms. The Morgan fingerprint density at radius 3 is 2.53 bits per heavy atom. The van der Waals surface area contributed by atoms with Crippen LogP contribution in [0.3, 0.4) is 0 Å². The van der Waals surface area contributed by atoms with Gasteiger partial charge in [-0.15, -0.1) is 0 Å². The molecule has 0 saturated heterocycles. The number of halogens is 2. The van der Waals surface area contributed by atoms with E-state index in [1.807, 2.05) is 25.1 Å². The highest BCUT2D eigenvalue weighted by Crippen LogP contribution is 2.22. The highest BCUT2D eigenvalue weighted by atomic mass is 79.9. The number of hydrogen-bond acceptors (Lipinski definition) is 3. The van der Waals surface area contributed by atoms with Crippen molar-refractivity contribution in [2.24, 2.45) is 0 Å². The van der Waals surface area contributed by atoms with Gasteiger partial charge in [0, 0.05) is 15.2 Å². The van der Waals surface area contributed by atoms with Crippen LogP contribution >= 0.6 is 26.6 Å². The van der Waals surface area contributed by atoms with Crippen molar-refractivity contribution in [1.82, 2.24) is 0 Å². The Morgan fingerprint density at radius 2 is 1.89 bits per heavy atom. The van der Waals surface area contributed by atoms with Gasteiger partial charge in [0.1, 0.15) is 5.75 Å². The standard InChI is InChI=1S/C13H18BrClO3S/c1-11-10-12(14)6-7-13(11)18-8-4-2-3-5-9-19(15,16)17/h6-7,10H,2-5,8-9H2,1H3. The van der Waals surface area contributed by atoms with Crippen LogP contribution in [0.1, 0.15) is 31.2 Å². The molecule has 3 nitrogen and oxygen atoms in total. The average molecular weight is 370 g/mol. The number of aryl methyl sites for hydroxylation is 1. The minimum atomic E-state index is -3.33. The first-order valence-corrected chi connectivity index (χ1v) is 9.47. The molecule has 0 aliphatic heterocycles. The van der Waals surface area contributed by atoms with Crippen LogP contribution in [-0.4, -0.2) is 20.8 Å². The summed E-state index contributed by atoms with van der Waals surface area (Å²) in [6.07, 6.45) is 3.33. The Labute approximate surface area is 127 Å². The van der Waals surface area contributed by atoms with Crippen LogP contribution in [0.4, 0.5) is 0 Å². The summed E-state index contributed by atoms with van der Waals surface area (Å²) in [4.78, 5) is 0. The van der Waals surface area contributed by atoms with E-state index < -0.39 is 9.05 Å². The van der Waals surface area contributed by atoms with Gasteiger partial charge in [0.2, 0.25) is 9.05 Å². The fraction of sp³-hybridized carbons (Fsp3) is 0.538. The zero-order valence-corrected chi connectivity index (χ0v) is 14.0. The SMILES string of the molecule is Cc1cc(Br)ccc1OCCCCCCS(=O)(=O)Cl. The number of rotatable bonds is 8. The summed E-state index contributed by atoms with van der Waals surface area (Å²) < 4.78 is 28.1. The van der Waals surface area contributed by atoms with E-state index in [2.05, 4.69) is 15.9 Å². The number of unbranched alkanes of at least 4 members (excludes halogenated alkanes) is 3. The van der Waals surface area contributed by atoms with Crippen LogP contribution in [0.25, 0.3) is 0 Å². The molecule has 108 valence electrons. The Bertz CT molecular complexity index is 503. The Balaban J connectivity index is 2.14. The fourth-order valence-corrected chi connectivity index (χ4v) is 3.04. The molecule has 6 heteroatoms. The van der Waals surface area contributed by atoms with E-state index in [-0.39, 0.29) is 5.75 Å². The lowest BCUT2D eigenvalue weighted by Crippen LogP contribution is -2.00. The van der Waals surface area contributed by atoms with Crippen molar-refractivity contribution < 1.29 is 13.2 Å². The molecule has 0 unspecified atom stereocenters. The van der Waals surface area contributed by atoms with Crippen LogP contribution < -0.4 is 4.74 Å². The van der Waals surface area contributed by atoms with E-state index in [9.17, 15) is 8.42 Å². The van der Waals surface area contributed by atoms with E-state index in [1.165, 1.54) is 0 Å². The molecule has 1 aromatic carbocycles. The molecular weight excluding hydrogens is 352 g/mol. The van der Waals surface area contributed by atoms with Gasteiger partial charge in [0.25, 0.3) is 0 Å². The normalized spacial score (nSPS) is 11.5. The highest BCUT2D eigenvalue weighted by Gasteiger charge is 2.04. The van der Waals surface area contributed by atoms with Crippen LogP contribution in [0, 0.1) is 6.92 Å². The van der Waals surface area contributed by atoms with E-state index in [1.54, 1.807) is 0 Å². The second-order valence-electron chi connectivity index (χ2n) is 4.42. The lowest BCUT2D eigenvalue weighted by Gasteiger charge is -2.09. The van der Waals surface area contributed by atoms with Crippen molar-refractivity contribution in [2.75, 3.05) is 12.4 Å². The van der Waals surface area contributed by atoms with Crippen LogP contribution in [-0.2, 0) is 9.05 Å². The van der Waals surface area contributed by atoms with Crippen molar-refractivity contribution in [2.45, 2.75) is 32.6 Å². The number of hydrogen-bond donors (Lipinski definition) is 0. The summed E-state index contributed by atoms with van der Waals surface area (Å²) in [7, 11) is 1.79. The van der Waals surface area contributed by atoms with Gasteiger partial charge >= 0.3 is 0 Å². The zero-order chi connectivity index (χ0) is 14.3. The summed E-state index contributed by atoms with van der Waals surface area (Å²) in [6, 6.07) is 5.91. The third-order valence-electron chi connectivity index (χ3n) is 2.68. The molecular formula is C13H18BrClO3S. The molecule has 0 radical (unpaired) electrons. The van der Waals surface area contributed by atoms with Gasteiger partial charge in [0.15, 0.2) is 0 Å². The molecule has 0 spiro atoms. The molecule has 0 atom stereocenters. The number of ether oxygens (including phenoxy) is 1. The first-order valence-electron chi connectivity index (χ1n) is 6.20. The summed E-state index contributed by atoms with van der Waals surface area (Å²) >= 11 is 3.41. The average Bonchev–Trinajstić information content (AvgIpc) is 2.29. The third-order valence-corrected chi connectivity index (χ3v) is 4.41. The van der Waals surface area contributed by atoms with Gasteiger partial charge in [-0.05, 0) is 43.5 Å². The molecule has 19 heavy (non-hydrogen) atoms. The minimum Gasteiger partial charge on any atom is -0.493 e. The van der Waals surface area contributed by atoms with Gasteiger partial charge in [-0.1, -0.05) is 28.8 Å². The maximum Gasteiger partial charge on any atom is 0.232 e. The molecule has 0 N–H and O–H groups in total. The van der Waals surface area contributed by atoms with Gasteiger partial charge in [-0.3, -0.25) is 0 Å². The highest BCUT2D eigenvalue weighted by molar-refractivity contribution is 9.10. The third kappa shape index (κ3) is 7.80. The minimum absolute atomic E-state index is 0.0568. The monoisotopic (exact) mass is 368 g/mol. The van der Waals surface area contributed by atoms with Gasteiger partial charge in [-0.25, -0.2) is 8.42 Å². The summed E-state index contributed by atoms with van der Waals surface area (Å²) in [5.41, 5.74) is 1.10. The Kier molecular flexibility index (Phi) is 7.18. The molecule has 0 fully saturated rings. The van der Waals surface area contributed by atoms with Gasteiger partial charge < -0.3 is 4.74 Å². The summed E-state index contributed by atoms with van der Waals surface area (Å²) in [5.74, 6) is 0.952. The summed E-state index contributed by atoms with van der Waals surface area (Å²) in [6.45, 7) is 2.65. The van der Waals surface area contributed by atoms with Crippen LogP contribution in [0.15, 0.2) is 22.7 Å². The predicted octanol–water partition coefficient (Wildman–Crippen LogP) is 4.27. The molecule has 0 aliphatic rings. The van der Waals surface area contributed by atoms with Crippen LogP contribution in [0.5, 0.6) is 5.75 Å². The van der Waals surface area contributed by atoms with Crippen molar-refractivity contribution in [1.29, 1.82) is 0 Å². The molecule has 0 heterocycles. The Morgan fingerprint density at radius 1 is 1.21 bits per heavy atom. The van der Waals surface area contributed by atoms with Crippen molar-refractivity contribution in [3.05, 3.63) is 28.2 Å². The lowest BCUT2D eigenvalue weighted by atomic mass is 10.2. The van der Waals surface area contributed by atoms with Gasteiger partial charge in [-0.2, -0.15) is 0 Å². The summed E-state index contributed by atoms with van der Waals surface area (Å²) in [5, 5.41) is 0. The van der Waals surface area contributed by atoms with E-state index in [0.717, 1.165) is 35.0 Å². The predicted molar refractivity (Wildman–Crippen MR) is 82.5 cm³/mol. The molecule has 0 aliphatic carbocycles. The lowest BCUT2D eigenvalue weighted by molar-refractivity contribution is 0.303. The topological polar surface area (TPSA) is 43.4 Å². The smallest absolute Gasteiger partial charge is 0.232 e. The first kappa shape index (κ1) is 16.8. The molecule has 1 rings (SSSR count). The second-order valence-corrected chi connectivity index (χ2v) is 8.23. The molecule has 0 saturated carbocycles.